The third-order valence-electron chi connectivity index (χ3n) is 4.22. The van der Waals surface area contributed by atoms with Crippen LogP contribution in [0.25, 0.3) is 0 Å². The minimum absolute atomic E-state index is 0.0637. The van der Waals surface area contributed by atoms with Crippen LogP contribution in [0, 0.1) is 17.0 Å². The van der Waals surface area contributed by atoms with E-state index >= 15 is 0 Å². The summed E-state index contributed by atoms with van der Waals surface area (Å²) in [7, 11) is 0. The number of nitrogens with one attached hydrogen (secondary N) is 2. The summed E-state index contributed by atoms with van der Waals surface area (Å²) in [6.07, 6.45) is 2.13. The summed E-state index contributed by atoms with van der Waals surface area (Å²) in [4.78, 5) is 31.6. The van der Waals surface area contributed by atoms with Crippen LogP contribution in [0.2, 0.25) is 5.02 Å². The lowest BCUT2D eigenvalue weighted by Crippen LogP contribution is -2.15. The zero-order valence-electron chi connectivity index (χ0n) is 15.8. The summed E-state index contributed by atoms with van der Waals surface area (Å²) in [5.74, 6) is 0.0328. The first-order valence-corrected chi connectivity index (χ1v) is 9.19. The number of halogens is 1. The molecule has 1 amide bonds. The number of nitro groups is 1. The van der Waals surface area contributed by atoms with Gasteiger partial charge in [0.25, 0.3) is 11.6 Å². The molecule has 1 heterocycles. The summed E-state index contributed by atoms with van der Waals surface area (Å²) in [5, 5.41) is 17.4. The Labute approximate surface area is 172 Å². The molecule has 0 aliphatic carbocycles. The number of amides is 1. The fourth-order valence-electron chi connectivity index (χ4n) is 2.79. The summed E-state index contributed by atoms with van der Waals surface area (Å²) in [5.41, 5.74) is 2.55. The van der Waals surface area contributed by atoms with Gasteiger partial charge in [0.15, 0.2) is 0 Å². The van der Waals surface area contributed by atoms with Gasteiger partial charge in [-0.2, -0.15) is 0 Å². The summed E-state index contributed by atoms with van der Waals surface area (Å²) in [6.45, 7) is 3.81. The molecular weight excluding hydrogens is 394 g/mol. The predicted molar refractivity (Wildman–Crippen MR) is 112 cm³/mol. The summed E-state index contributed by atoms with van der Waals surface area (Å²) < 4.78 is 0. The van der Waals surface area contributed by atoms with Crippen LogP contribution in [-0.2, 0) is 6.42 Å². The molecule has 29 heavy (non-hydrogen) atoms. The Balaban J connectivity index is 1.90. The Morgan fingerprint density at radius 2 is 1.97 bits per heavy atom. The zero-order valence-corrected chi connectivity index (χ0v) is 16.5. The number of nitro benzene ring substituents is 1. The van der Waals surface area contributed by atoms with Crippen molar-refractivity contribution in [3.05, 3.63) is 80.7 Å². The van der Waals surface area contributed by atoms with E-state index in [2.05, 4.69) is 20.6 Å². The van der Waals surface area contributed by atoms with Gasteiger partial charge in [0, 0.05) is 34.2 Å². The summed E-state index contributed by atoms with van der Waals surface area (Å²) in [6, 6.07) is 11.2. The topological polar surface area (TPSA) is 110 Å². The lowest BCUT2D eigenvalue weighted by molar-refractivity contribution is -0.385. The number of benzene rings is 2. The van der Waals surface area contributed by atoms with Crippen LogP contribution in [0.5, 0.6) is 0 Å². The highest BCUT2D eigenvalue weighted by Crippen LogP contribution is 2.27. The number of rotatable bonds is 6. The first kappa shape index (κ1) is 20.2. The van der Waals surface area contributed by atoms with Crippen LogP contribution in [0.15, 0.2) is 48.8 Å². The van der Waals surface area contributed by atoms with Crippen LogP contribution >= 0.6 is 11.6 Å². The molecule has 0 unspecified atom stereocenters. The van der Waals surface area contributed by atoms with Gasteiger partial charge in [-0.3, -0.25) is 14.9 Å². The Hall–Kier alpha value is -3.52. The number of hydrogen-bond donors (Lipinski definition) is 2. The molecule has 0 saturated carbocycles. The normalized spacial score (nSPS) is 10.4. The average Bonchev–Trinajstić information content (AvgIpc) is 2.68. The number of hydrogen-bond acceptors (Lipinski definition) is 6. The number of aromatic nitrogens is 2. The van der Waals surface area contributed by atoms with Gasteiger partial charge in [0.2, 0.25) is 0 Å². The van der Waals surface area contributed by atoms with Gasteiger partial charge in [0.1, 0.15) is 17.7 Å². The zero-order chi connectivity index (χ0) is 21.0. The minimum atomic E-state index is -0.628. The first-order chi connectivity index (χ1) is 13.9. The molecule has 3 rings (SSSR count). The van der Waals surface area contributed by atoms with Crippen molar-refractivity contribution in [1.82, 2.24) is 9.97 Å². The third kappa shape index (κ3) is 4.85. The van der Waals surface area contributed by atoms with Crippen molar-refractivity contribution < 1.29 is 9.72 Å². The highest BCUT2D eigenvalue weighted by atomic mass is 35.5. The quantitative estimate of drug-likeness (QED) is 0.440. The van der Waals surface area contributed by atoms with Gasteiger partial charge >= 0.3 is 0 Å². The van der Waals surface area contributed by atoms with Gasteiger partial charge < -0.3 is 10.6 Å². The molecule has 0 spiro atoms. The maximum absolute atomic E-state index is 12.7. The number of carbonyl (C=O) groups excluding carboxylic acids is 1. The van der Waals surface area contributed by atoms with Crippen molar-refractivity contribution in [2.24, 2.45) is 0 Å². The second-order valence-corrected chi connectivity index (χ2v) is 6.70. The molecule has 0 saturated heterocycles. The molecule has 1 aromatic heterocycles. The molecule has 0 atom stereocenters. The molecule has 0 aliphatic heterocycles. The van der Waals surface area contributed by atoms with E-state index in [1.54, 1.807) is 12.1 Å². The Bertz CT molecular complexity index is 1090. The molecule has 9 heteroatoms. The second kappa shape index (κ2) is 8.66. The van der Waals surface area contributed by atoms with Crippen molar-refractivity contribution >= 4 is 40.4 Å². The van der Waals surface area contributed by atoms with Crippen molar-refractivity contribution in [1.29, 1.82) is 0 Å². The van der Waals surface area contributed by atoms with E-state index in [-0.39, 0.29) is 16.3 Å². The largest absolute Gasteiger partial charge is 0.340 e. The highest BCUT2D eigenvalue weighted by Gasteiger charge is 2.21. The van der Waals surface area contributed by atoms with Crippen molar-refractivity contribution in [2.75, 3.05) is 10.6 Å². The lowest BCUT2D eigenvalue weighted by atomic mass is 10.1. The standard InChI is InChI=1S/C20H18ClN5O3/c1-3-13-4-6-15(24-19-8-12(2)22-11-23-19)10-17(13)25-20(27)16-7-5-14(21)9-18(16)26(28)29/h4-11H,3H2,1-2H3,(H,25,27)(H,22,23,24). The number of nitrogens with zero attached hydrogens (tertiary/aromatic N) is 3. The molecule has 0 radical (unpaired) electrons. The Morgan fingerprint density at radius 1 is 1.17 bits per heavy atom. The van der Waals surface area contributed by atoms with Gasteiger partial charge in [-0.1, -0.05) is 24.6 Å². The van der Waals surface area contributed by atoms with Gasteiger partial charge in [-0.25, -0.2) is 9.97 Å². The maximum Gasteiger partial charge on any atom is 0.283 e. The fourth-order valence-corrected chi connectivity index (χ4v) is 2.95. The maximum atomic E-state index is 12.7. The predicted octanol–water partition coefficient (Wildman–Crippen LogP) is 4.90. The third-order valence-corrected chi connectivity index (χ3v) is 4.45. The molecule has 0 fully saturated rings. The van der Waals surface area contributed by atoms with Gasteiger partial charge in [0.05, 0.1) is 4.92 Å². The van der Waals surface area contributed by atoms with E-state index in [1.165, 1.54) is 18.5 Å². The van der Waals surface area contributed by atoms with Crippen molar-refractivity contribution in [3.63, 3.8) is 0 Å². The van der Waals surface area contributed by atoms with Crippen molar-refractivity contribution in [2.45, 2.75) is 20.3 Å². The monoisotopic (exact) mass is 411 g/mol. The molecule has 2 N–H and O–H groups in total. The molecule has 0 aliphatic rings. The van der Waals surface area contributed by atoms with Crippen LogP contribution in [0.1, 0.15) is 28.5 Å². The van der Waals surface area contributed by atoms with E-state index in [4.69, 9.17) is 11.6 Å². The molecule has 8 nitrogen and oxygen atoms in total. The summed E-state index contributed by atoms with van der Waals surface area (Å²) >= 11 is 5.83. The average molecular weight is 412 g/mol. The SMILES string of the molecule is CCc1ccc(Nc2cc(C)ncn2)cc1NC(=O)c1ccc(Cl)cc1[N+](=O)[O-]. The fraction of sp³-hybridized carbons (Fsp3) is 0.150. The van der Waals surface area contributed by atoms with Crippen LogP contribution < -0.4 is 10.6 Å². The van der Waals surface area contributed by atoms with Gasteiger partial charge in [-0.05, 0) is 43.2 Å². The first-order valence-electron chi connectivity index (χ1n) is 8.81. The molecule has 148 valence electrons. The van der Waals surface area contributed by atoms with E-state index < -0.39 is 10.8 Å². The van der Waals surface area contributed by atoms with Crippen LogP contribution in [0.4, 0.5) is 22.9 Å². The minimum Gasteiger partial charge on any atom is -0.340 e. The lowest BCUT2D eigenvalue weighted by Gasteiger charge is -2.13. The highest BCUT2D eigenvalue weighted by molar-refractivity contribution is 6.31. The molecular formula is C20H18ClN5O3. The Kier molecular flexibility index (Phi) is 6.04. The van der Waals surface area contributed by atoms with Crippen molar-refractivity contribution in [3.8, 4) is 0 Å². The molecule has 2 aromatic carbocycles. The second-order valence-electron chi connectivity index (χ2n) is 6.27. The van der Waals surface area contributed by atoms with E-state index in [0.717, 1.165) is 17.3 Å². The molecule has 0 bridgehead atoms. The van der Waals surface area contributed by atoms with E-state index in [0.29, 0.717) is 23.6 Å². The van der Waals surface area contributed by atoms with Gasteiger partial charge in [-0.15, -0.1) is 0 Å². The number of carbonyl (C=O) groups is 1. The van der Waals surface area contributed by atoms with E-state index in [1.807, 2.05) is 26.0 Å². The number of anilines is 3. The smallest absolute Gasteiger partial charge is 0.283 e. The number of aryl methyl sites for hydroxylation is 2. The van der Waals surface area contributed by atoms with Crippen LogP contribution in [-0.4, -0.2) is 20.8 Å². The van der Waals surface area contributed by atoms with E-state index in [9.17, 15) is 14.9 Å². The molecule has 3 aromatic rings. The Morgan fingerprint density at radius 3 is 2.66 bits per heavy atom. The van der Waals surface area contributed by atoms with Crippen LogP contribution in [0.3, 0.4) is 0 Å².